The SMILES string of the molecule is COc1ccnc(C2(C)CO2)c1. The molecule has 1 aromatic heterocycles. The first-order valence-corrected chi connectivity index (χ1v) is 3.89. The minimum Gasteiger partial charge on any atom is -0.497 e. The maximum absolute atomic E-state index is 5.26. The number of hydrogen-bond donors (Lipinski definition) is 0. The summed E-state index contributed by atoms with van der Waals surface area (Å²) in [5.74, 6) is 0.830. The van der Waals surface area contributed by atoms with Gasteiger partial charge in [-0.1, -0.05) is 0 Å². The van der Waals surface area contributed by atoms with Gasteiger partial charge >= 0.3 is 0 Å². The fraction of sp³-hybridized carbons (Fsp3) is 0.444. The molecule has 64 valence electrons. The predicted molar refractivity (Wildman–Crippen MR) is 44.1 cm³/mol. The molecule has 0 bridgehead atoms. The summed E-state index contributed by atoms with van der Waals surface area (Å²) in [5, 5.41) is 0. The summed E-state index contributed by atoms with van der Waals surface area (Å²) in [6.45, 7) is 2.78. The summed E-state index contributed by atoms with van der Waals surface area (Å²) in [7, 11) is 1.65. The number of pyridine rings is 1. The van der Waals surface area contributed by atoms with E-state index in [1.165, 1.54) is 0 Å². The molecule has 0 aromatic carbocycles. The Hall–Kier alpha value is -1.09. The molecule has 0 amide bonds. The molecule has 0 spiro atoms. The summed E-state index contributed by atoms with van der Waals surface area (Å²) in [6.07, 6.45) is 1.74. The summed E-state index contributed by atoms with van der Waals surface area (Å²) in [4.78, 5) is 4.22. The molecule has 2 heterocycles. The van der Waals surface area contributed by atoms with Crippen molar-refractivity contribution in [2.24, 2.45) is 0 Å². The van der Waals surface area contributed by atoms with Crippen LogP contribution < -0.4 is 4.74 Å². The van der Waals surface area contributed by atoms with E-state index in [9.17, 15) is 0 Å². The van der Waals surface area contributed by atoms with Crippen LogP contribution in [0.1, 0.15) is 12.6 Å². The molecule has 3 heteroatoms. The number of ether oxygens (including phenoxy) is 2. The zero-order valence-corrected chi connectivity index (χ0v) is 7.20. The van der Waals surface area contributed by atoms with Crippen LogP contribution in [-0.4, -0.2) is 18.7 Å². The van der Waals surface area contributed by atoms with E-state index in [0.29, 0.717) is 0 Å². The van der Waals surface area contributed by atoms with Gasteiger partial charge in [0, 0.05) is 12.3 Å². The van der Waals surface area contributed by atoms with Crippen LogP contribution in [0.25, 0.3) is 0 Å². The third-order valence-electron chi connectivity index (χ3n) is 2.09. The van der Waals surface area contributed by atoms with Gasteiger partial charge in [-0.05, 0) is 13.0 Å². The van der Waals surface area contributed by atoms with E-state index in [1.54, 1.807) is 13.3 Å². The zero-order valence-electron chi connectivity index (χ0n) is 7.20. The largest absolute Gasteiger partial charge is 0.497 e. The molecule has 1 fully saturated rings. The molecule has 1 aliphatic heterocycles. The zero-order chi connectivity index (χ0) is 8.60. The van der Waals surface area contributed by atoms with Gasteiger partial charge in [0.1, 0.15) is 11.4 Å². The number of methoxy groups -OCH3 is 1. The highest BCUT2D eigenvalue weighted by atomic mass is 16.6. The first kappa shape index (κ1) is 7.55. The van der Waals surface area contributed by atoms with E-state index in [2.05, 4.69) is 4.98 Å². The molecular formula is C9H11NO2. The van der Waals surface area contributed by atoms with Crippen molar-refractivity contribution in [3.8, 4) is 5.75 Å². The van der Waals surface area contributed by atoms with E-state index in [4.69, 9.17) is 9.47 Å². The highest BCUT2D eigenvalue weighted by Gasteiger charge is 2.42. The lowest BCUT2D eigenvalue weighted by Crippen LogP contribution is -2.04. The second-order valence-corrected chi connectivity index (χ2v) is 3.10. The van der Waals surface area contributed by atoms with Gasteiger partial charge in [0.25, 0.3) is 0 Å². The molecule has 12 heavy (non-hydrogen) atoms. The van der Waals surface area contributed by atoms with Gasteiger partial charge in [-0.25, -0.2) is 0 Å². The van der Waals surface area contributed by atoms with Crippen molar-refractivity contribution >= 4 is 0 Å². The van der Waals surface area contributed by atoms with Crippen molar-refractivity contribution in [1.82, 2.24) is 4.98 Å². The molecule has 1 saturated heterocycles. The standard InChI is InChI=1S/C9H11NO2/c1-9(6-12-9)8-5-7(11-2)3-4-10-8/h3-5H,6H2,1-2H3. The molecule has 0 radical (unpaired) electrons. The number of aromatic nitrogens is 1. The van der Waals surface area contributed by atoms with E-state index < -0.39 is 0 Å². The summed E-state index contributed by atoms with van der Waals surface area (Å²) >= 11 is 0. The molecule has 3 nitrogen and oxygen atoms in total. The molecular weight excluding hydrogens is 154 g/mol. The van der Waals surface area contributed by atoms with Gasteiger partial charge in [-0.15, -0.1) is 0 Å². The van der Waals surface area contributed by atoms with Gasteiger partial charge in [0.15, 0.2) is 0 Å². The third-order valence-corrected chi connectivity index (χ3v) is 2.09. The monoisotopic (exact) mass is 165 g/mol. The van der Waals surface area contributed by atoms with Crippen molar-refractivity contribution in [1.29, 1.82) is 0 Å². The quantitative estimate of drug-likeness (QED) is 0.620. The Morgan fingerprint density at radius 1 is 1.67 bits per heavy atom. The van der Waals surface area contributed by atoms with E-state index in [1.807, 2.05) is 19.1 Å². The second kappa shape index (κ2) is 2.45. The molecule has 1 aliphatic rings. The minimum atomic E-state index is -0.158. The molecule has 1 aromatic rings. The van der Waals surface area contributed by atoms with Gasteiger partial charge in [0.05, 0.1) is 19.4 Å². The number of epoxide rings is 1. The fourth-order valence-electron chi connectivity index (χ4n) is 1.08. The first-order valence-electron chi connectivity index (χ1n) is 3.89. The molecule has 2 rings (SSSR count). The summed E-state index contributed by atoms with van der Waals surface area (Å²) in [6, 6.07) is 3.74. The average Bonchev–Trinajstić information content (AvgIpc) is 2.85. The number of nitrogens with zero attached hydrogens (tertiary/aromatic N) is 1. The molecule has 0 aliphatic carbocycles. The van der Waals surface area contributed by atoms with Crippen molar-refractivity contribution in [3.63, 3.8) is 0 Å². The minimum absolute atomic E-state index is 0.158. The normalized spacial score (nSPS) is 26.8. The topological polar surface area (TPSA) is 34.6 Å². The van der Waals surface area contributed by atoms with Crippen LogP contribution in [0.4, 0.5) is 0 Å². The molecule has 1 unspecified atom stereocenters. The highest BCUT2D eigenvalue weighted by molar-refractivity contribution is 5.27. The van der Waals surface area contributed by atoms with Crippen LogP contribution in [0.2, 0.25) is 0 Å². The van der Waals surface area contributed by atoms with Crippen molar-refractivity contribution < 1.29 is 9.47 Å². The average molecular weight is 165 g/mol. The Morgan fingerprint density at radius 2 is 2.42 bits per heavy atom. The van der Waals surface area contributed by atoms with Crippen LogP contribution in [0.15, 0.2) is 18.3 Å². The Bertz CT molecular complexity index is 294. The van der Waals surface area contributed by atoms with Crippen molar-refractivity contribution in [2.75, 3.05) is 13.7 Å². The third kappa shape index (κ3) is 1.16. The fourth-order valence-corrected chi connectivity index (χ4v) is 1.08. The Balaban J connectivity index is 2.32. The van der Waals surface area contributed by atoms with E-state index >= 15 is 0 Å². The maximum atomic E-state index is 5.26. The van der Waals surface area contributed by atoms with E-state index in [0.717, 1.165) is 18.1 Å². The smallest absolute Gasteiger partial charge is 0.131 e. The second-order valence-electron chi connectivity index (χ2n) is 3.10. The van der Waals surface area contributed by atoms with Crippen LogP contribution in [-0.2, 0) is 10.3 Å². The lowest BCUT2D eigenvalue weighted by Gasteiger charge is -2.05. The maximum Gasteiger partial charge on any atom is 0.131 e. The molecule has 1 atom stereocenters. The predicted octanol–water partition coefficient (Wildman–Crippen LogP) is 1.34. The highest BCUT2D eigenvalue weighted by Crippen LogP contribution is 2.37. The first-order chi connectivity index (χ1) is 5.74. The van der Waals surface area contributed by atoms with Gasteiger partial charge in [0.2, 0.25) is 0 Å². The Morgan fingerprint density at radius 3 is 3.00 bits per heavy atom. The summed E-state index contributed by atoms with van der Waals surface area (Å²) in [5.41, 5.74) is 0.788. The number of rotatable bonds is 2. The Labute approximate surface area is 71.3 Å². The Kier molecular flexibility index (Phi) is 1.54. The van der Waals surface area contributed by atoms with Crippen molar-refractivity contribution in [2.45, 2.75) is 12.5 Å². The number of hydrogen-bond acceptors (Lipinski definition) is 3. The molecule has 0 saturated carbocycles. The van der Waals surface area contributed by atoms with Gasteiger partial charge in [-0.3, -0.25) is 4.98 Å². The summed E-state index contributed by atoms with van der Waals surface area (Å²) < 4.78 is 10.3. The lowest BCUT2D eigenvalue weighted by molar-refractivity contribution is 0.322. The van der Waals surface area contributed by atoms with Gasteiger partial charge < -0.3 is 9.47 Å². The van der Waals surface area contributed by atoms with Gasteiger partial charge in [-0.2, -0.15) is 0 Å². The van der Waals surface area contributed by atoms with Crippen LogP contribution >= 0.6 is 0 Å². The lowest BCUT2D eigenvalue weighted by atomic mass is 10.1. The van der Waals surface area contributed by atoms with Crippen LogP contribution in [0, 0.1) is 0 Å². The van der Waals surface area contributed by atoms with Crippen LogP contribution in [0.5, 0.6) is 5.75 Å². The van der Waals surface area contributed by atoms with Crippen molar-refractivity contribution in [3.05, 3.63) is 24.0 Å². The van der Waals surface area contributed by atoms with Crippen LogP contribution in [0.3, 0.4) is 0 Å². The van der Waals surface area contributed by atoms with E-state index in [-0.39, 0.29) is 5.60 Å². The molecule has 0 N–H and O–H groups in total.